The lowest BCUT2D eigenvalue weighted by molar-refractivity contribution is -0.133. The molecule has 1 aliphatic rings. The summed E-state index contributed by atoms with van der Waals surface area (Å²) >= 11 is 1.58. The average Bonchev–Trinajstić information content (AvgIpc) is 3.50. The van der Waals surface area contributed by atoms with Crippen LogP contribution in [-0.4, -0.2) is 62.0 Å². The van der Waals surface area contributed by atoms with E-state index in [1.165, 1.54) is 0 Å². The zero-order valence-electron chi connectivity index (χ0n) is 17.4. The predicted octanol–water partition coefficient (Wildman–Crippen LogP) is 2.31. The van der Waals surface area contributed by atoms with Crippen molar-refractivity contribution in [3.8, 4) is 10.7 Å². The molecule has 1 aliphatic heterocycles. The van der Waals surface area contributed by atoms with Crippen molar-refractivity contribution in [1.82, 2.24) is 29.9 Å². The minimum absolute atomic E-state index is 0.0678. The molecule has 0 atom stereocenters. The van der Waals surface area contributed by atoms with E-state index in [0.29, 0.717) is 60.9 Å². The van der Waals surface area contributed by atoms with Crippen LogP contribution < -0.4 is 5.56 Å². The van der Waals surface area contributed by atoms with Gasteiger partial charge in [0.2, 0.25) is 17.6 Å². The number of carbonyl (C=O) groups is 1. The smallest absolute Gasteiger partial charge is 0.258 e. The molecule has 0 saturated carbocycles. The number of aromatic amines is 1. The minimum Gasteiger partial charge on any atom is -0.340 e. The van der Waals surface area contributed by atoms with Crippen molar-refractivity contribution < 1.29 is 9.32 Å². The number of piperazine rings is 1. The van der Waals surface area contributed by atoms with Crippen molar-refractivity contribution in [3.05, 3.63) is 63.8 Å². The predicted molar refractivity (Wildman–Crippen MR) is 120 cm³/mol. The fourth-order valence-electron chi connectivity index (χ4n) is 3.81. The number of amides is 1. The van der Waals surface area contributed by atoms with Gasteiger partial charge in [0.1, 0.15) is 5.82 Å². The lowest BCUT2D eigenvalue weighted by atomic mass is 10.2. The zero-order valence-corrected chi connectivity index (χ0v) is 18.2. The first-order chi connectivity index (χ1) is 15.7. The van der Waals surface area contributed by atoms with E-state index in [4.69, 9.17) is 4.52 Å². The second kappa shape index (κ2) is 9.01. The Morgan fingerprint density at radius 3 is 2.75 bits per heavy atom. The third-order valence-corrected chi connectivity index (χ3v) is 6.40. The number of para-hydroxylation sites is 1. The Hall–Kier alpha value is -3.37. The maximum Gasteiger partial charge on any atom is 0.258 e. The number of thiophene rings is 1. The number of nitrogens with zero attached hydrogens (tertiary/aromatic N) is 5. The van der Waals surface area contributed by atoms with Crippen LogP contribution in [0.4, 0.5) is 0 Å². The minimum atomic E-state index is -0.171. The first-order valence-corrected chi connectivity index (χ1v) is 11.4. The van der Waals surface area contributed by atoms with Gasteiger partial charge < -0.3 is 14.4 Å². The molecule has 9 nitrogen and oxygen atoms in total. The van der Waals surface area contributed by atoms with Crippen molar-refractivity contribution in [1.29, 1.82) is 0 Å². The van der Waals surface area contributed by atoms with E-state index in [-0.39, 0.29) is 11.5 Å². The normalized spacial score (nSPS) is 14.8. The van der Waals surface area contributed by atoms with Crippen LogP contribution in [0.3, 0.4) is 0 Å². The molecule has 1 fully saturated rings. The molecule has 0 spiro atoms. The largest absolute Gasteiger partial charge is 0.340 e. The Morgan fingerprint density at radius 1 is 1.09 bits per heavy atom. The van der Waals surface area contributed by atoms with Gasteiger partial charge in [0.05, 0.1) is 22.3 Å². The Morgan fingerprint density at radius 2 is 1.94 bits per heavy atom. The summed E-state index contributed by atoms with van der Waals surface area (Å²) in [5.41, 5.74) is 0.477. The number of rotatable bonds is 6. The van der Waals surface area contributed by atoms with Gasteiger partial charge in [-0.05, 0) is 23.6 Å². The van der Waals surface area contributed by atoms with Gasteiger partial charge >= 0.3 is 0 Å². The second-order valence-electron chi connectivity index (χ2n) is 7.68. The molecule has 0 bridgehead atoms. The summed E-state index contributed by atoms with van der Waals surface area (Å²) in [6.07, 6.45) is 0.724. The molecular weight excluding hydrogens is 428 g/mol. The van der Waals surface area contributed by atoms with E-state index in [2.05, 4.69) is 25.0 Å². The first kappa shape index (κ1) is 20.5. The van der Waals surface area contributed by atoms with E-state index in [1.54, 1.807) is 17.4 Å². The van der Waals surface area contributed by atoms with Gasteiger partial charge in [0, 0.05) is 39.0 Å². The van der Waals surface area contributed by atoms with Crippen LogP contribution in [0.1, 0.15) is 18.1 Å². The maximum atomic E-state index is 12.7. The quantitative estimate of drug-likeness (QED) is 0.480. The Labute approximate surface area is 187 Å². The Bertz CT molecular complexity index is 1270. The molecule has 4 heterocycles. The molecule has 0 aliphatic carbocycles. The van der Waals surface area contributed by atoms with Gasteiger partial charge in [0.25, 0.3) is 5.56 Å². The third kappa shape index (κ3) is 4.46. The number of aryl methyl sites for hydroxylation is 1. The molecule has 164 valence electrons. The lowest BCUT2D eigenvalue weighted by Crippen LogP contribution is -2.48. The van der Waals surface area contributed by atoms with E-state index < -0.39 is 0 Å². The molecule has 3 aromatic heterocycles. The maximum absolute atomic E-state index is 12.7. The summed E-state index contributed by atoms with van der Waals surface area (Å²) in [4.78, 5) is 41.6. The highest BCUT2D eigenvalue weighted by atomic mass is 32.1. The van der Waals surface area contributed by atoms with Gasteiger partial charge in [-0.3, -0.25) is 14.5 Å². The van der Waals surface area contributed by atoms with Crippen LogP contribution in [0.2, 0.25) is 0 Å². The third-order valence-electron chi connectivity index (χ3n) is 5.53. The lowest BCUT2D eigenvalue weighted by Gasteiger charge is -2.34. The zero-order chi connectivity index (χ0) is 21.9. The van der Waals surface area contributed by atoms with Gasteiger partial charge in [-0.15, -0.1) is 11.3 Å². The highest BCUT2D eigenvalue weighted by molar-refractivity contribution is 7.13. The first-order valence-electron chi connectivity index (χ1n) is 10.5. The summed E-state index contributed by atoms with van der Waals surface area (Å²) in [5, 5.41) is 6.59. The highest BCUT2D eigenvalue weighted by Gasteiger charge is 2.23. The molecule has 1 N–H and O–H groups in total. The number of benzene rings is 1. The van der Waals surface area contributed by atoms with Crippen molar-refractivity contribution in [3.63, 3.8) is 0 Å². The molecule has 0 radical (unpaired) electrons. The molecule has 5 rings (SSSR count). The molecule has 32 heavy (non-hydrogen) atoms. The second-order valence-corrected chi connectivity index (χ2v) is 8.62. The number of fused-ring (bicyclic) bond motifs is 1. The molecule has 1 aromatic carbocycles. The van der Waals surface area contributed by atoms with Crippen LogP contribution in [-0.2, 0) is 17.8 Å². The Balaban J connectivity index is 1.12. The van der Waals surface area contributed by atoms with Crippen molar-refractivity contribution in [2.75, 3.05) is 26.2 Å². The van der Waals surface area contributed by atoms with Crippen LogP contribution in [0, 0.1) is 0 Å². The molecule has 4 aromatic rings. The molecule has 1 saturated heterocycles. The van der Waals surface area contributed by atoms with Crippen molar-refractivity contribution >= 4 is 28.1 Å². The molecule has 10 heteroatoms. The molecular formula is C22H22N6O3S. The van der Waals surface area contributed by atoms with E-state index >= 15 is 0 Å². The number of nitrogens with one attached hydrogen (secondary N) is 1. The summed E-state index contributed by atoms with van der Waals surface area (Å²) in [7, 11) is 0. The van der Waals surface area contributed by atoms with E-state index in [1.807, 2.05) is 40.6 Å². The summed E-state index contributed by atoms with van der Waals surface area (Å²) < 4.78 is 5.38. The van der Waals surface area contributed by atoms with Crippen LogP contribution in [0.15, 0.2) is 51.1 Å². The van der Waals surface area contributed by atoms with E-state index in [9.17, 15) is 9.59 Å². The number of aromatic nitrogens is 4. The number of hydrogen-bond donors (Lipinski definition) is 1. The number of H-pyrrole nitrogens is 1. The van der Waals surface area contributed by atoms with Crippen LogP contribution >= 0.6 is 11.3 Å². The highest BCUT2D eigenvalue weighted by Crippen LogP contribution is 2.21. The summed E-state index contributed by atoms with van der Waals surface area (Å²) in [6.45, 7) is 3.35. The van der Waals surface area contributed by atoms with Crippen LogP contribution in [0.25, 0.3) is 21.6 Å². The van der Waals surface area contributed by atoms with Gasteiger partial charge in [-0.1, -0.05) is 23.4 Å². The monoisotopic (exact) mass is 450 g/mol. The SMILES string of the molecule is O=C(CCc1nc2ccccc2c(=O)[nH]1)N1CCN(Cc2nc(-c3cccs3)no2)CC1. The molecule has 0 unspecified atom stereocenters. The standard InChI is InChI=1S/C22H22N6O3S/c29-20(8-7-18-23-16-5-2-1-4-15(16)22(30)24-18)28-11-9-27(10-12-28)14-19-25-21(26-31-19)17-6-3-13-32-17/h1-6,13H,7-12,14H2,(H,23,24,30). The van der Waals surface area contributed by atoms with E-state index in [0.717, 1.165) is 18.0 Å². The van der Waals surface area contributed by atoms with Crippen molar-refractivity contribution in [2.45, 2.75) is 19.4 Å². The summed E-state index contributed by atoms with van der Waals surface area (Å²) in [5.74, 6) is 1.81. The Kier molecular flexibility index (Phi) is 5.78. The molecule has 1 amide bonds. The topological polar surface area (TPSA) is 108 Å². The fraction of sp³-hybridized carbons (Fsp3) is 0.318. The van der Waals surface area contributed by atoms with Gasteiger partial charge in [-0.25, -0.2) is 4.98 Å². The van der Waals surface area contributed by atoms with Gasteiger partial charge in [0.15, 0.2) is 0 Å². The fourth-order valence-corrected chi connectivity index (χ4v) is 4.46. The van der Waals surface area contributed by atoms with Gasteiger partial charge in [-0.2, -0.15) is 4.98 Å². The summed E-state index contributed by atoms with van der Waals surface area (Å²) in [6, 6.07) is 11.1. The number of carbonyl (C=O) groups excluding carboxylic acids is 1. The van der Waals surface area contributed by atoms with Crippen molar-refractivity contribution in [2.24, 2.45) is 0 Å². The average molecular weight is 451 g/mol. The van der Waals surface area contributed by atoms with Crippen LogP contribution in [0.5, 0.6) is 0 Å². The number of hydrogen-bond acceptors (Lipinski definition) is 8.